The molecule has 0 fully saturated rings. The van der Waals surface area contributed by atoms with Crippen LogP contribution < -0.4 is 9.47 Å². The normalized spacial score (nSPS) is 20.2. The highest BCUT2D eigenvalue weighted by Gasteiger charge is 2.47. The second-order valence-corrected chi connectivity index (χ2v) is 12.7. The van der Waals surface area contributed by atoms with Crippen molar-refractivity contribution in [3.8, 4) is 80.5 Å². The summed E-state index contributed by atoms with van der Waals surface area (Å²) in [4.78, 5) is 13.4. The fourth-order valence-corrected chi connectivity index (χ4v) is 6.79. The molecular weight excluding hydrogens is 716 g/mol. The Kier molecular flexibility index (Phi) is 8.29. The number of phenols is 12. The predicted octanol–water partition coefficient (Wildman–Crippen LogP) is 3.68. The lowest BCUT2D eigenvalue weighted by atomic mass is 9.77. The number of hydrogen-bond donors (Lipinski definition) is 13. The van der Waals surface area contributed by atoms with E-state index in [4.69, 9.17) is 14.2 Å². The van der Waals surface area contributed by atoms with Gasteiger partial charge in [-0.15, -0.1) is 0 Å². The highest BCUT2D eigenvalue weighted by molar-refractivity contribution is 5.91. The van der Waals surface area contributed by atoms with E-state index in [-0.39, 0.29) is 39.3 Å². The van der Waals surface area contributed by atoms with Crippen LogP contribution in [0, 0.1) is 0 Å². The van der Waals surface area contributed by atoms with Crippen LogP contribution in [0.15, 0.2) is 60.7 Å². The molecule has 5 aromatic carbocycles. The van der Waals surface area contributed by atoms with Crippen LogP contribution in [0.1, 0.15) is 56.3 Å². The van der Waals surface area contributed by atoms with E-state index in [0.29, 0.717) is 0 Å². The Hall–Kier alpha value is -7.27. The maximum absolute atomic E-state index is 13.4. The molecule has 5 aromatic rings. The number of rotatable bonds is 5. The quantitative estimate of drug-likeness (QED) is 0.0901. The van der Waals surface area contributed by atoms with Crippen molar-refractivity contribution < 1.29 is 85.4 Å². The minimum atomic E-state index is -1.76. The van der Waals surface area contributed by atoms with Crippen LogP contribution in [0.2, 0.25) is 0 Å². The zero-order chi connectivity index (χ0) is 38.9. The van der Waals surface area contributed by atoms with Crippen LogP contribution in [-0.4, -0.2) is 84.6 Å². The smallest absolute Gasteiger partial charge is 0.338 e. The first kappa shape index (κ1) is 35.1. The summed E-state index contributed by atoms with van der Waals surface area (Å²) in [6, 6.07) is 10.0. The molecule has 0 aliphatic carbocycles. The average molecular weight is 747 g/mol. The van der Waals surface area contributed by atoms with Crippen LogP contribution in [0.3, 0.4) is 0 Å². The van der Waals surface area contributed by atoms with Gasteiger partial charge in [-0.1, -0.05) is 6.07 Å². The number of benzene rings is 5. The van der Waals surface area contributed by atoms with Gasteiger partial charge in [-0.2, -0.15) is 0 Å². The summed E-state index contributed by atoms with van der Waals surface area (Å²) in [5.74, 6) is -11.8. The largest absolute Gasteiger partial charge is 0.508 e. The lowest BCUT2D eigenvalue weighted by Crippen LogP contribution is -2.38. The first-order chi connectivity index (χ1) is 25.5. The molecule has 0 radical (unpaired) electrons. The van der Waals surface area contributed by atoms with Crippen LogP contribution in [0.25, 0.3) is 0 Å². The second-order valence-electron chi connectivity index (χ2n) is 12.7. The molecule has 0 aromatic heterocycles. The van der Waals surface area contributed by atoms with E-state index in [1.165, 1.54) is 6.07 Å². The van der Waals surface area contributed by atoms with E-state index in [1.54, 1.807) is 0 Å². The number of carbonyl (C=O) groups excluding carboxylic acids is 1. The van der Waals surface area contributed by atoms with Gasteiger partial charge in [-0.25, -0.2) is 4.79 Å². The van der Waals surface area contributed by atoms with E-state index in [9.17, 15) is 71.2 Å². The highest BCUT2D eigenvalue weighted by Crippen LogP contribution is 2.57. The molecule has 5 atom stereocenters. The number of ether oxygens (including phenoxy) is 3. The molecule has 2 heterocycles. The Labute approximate surface area is 302 Å². The summed E-state index contributed by atoms with van der Waals surface area (Å²) in [6.07, 6.45) is -6.67. The van der Waals surface area contributed by atoms with Gasteiger partial charge in [0.1, 0.15) is 46.7 Å². The zero-order valence-electron chi connectivity index (χ0n) is 27.3. The molecule has 280 valence electrons. The Morgan fingerprint density at radius 1 is 0.574 bits per heavy atom. The minimum Gasteiger partial charge on any atom is -0.508 e. The average Bonchev–Trinajstić information content (AvgIpc) is 3.10. The van der Waals surface area contributed by atoms with Crippen molar-refractivity contribution in [3.05, 3.63) is 94.0 Å². The molecule has 2 aliphatic rings. The van der Waals surface area contributed by atoms with E-state index in [0.717, 1.165) is 54.6 Å². The standard InChI is InChI=1S/C37H30O17/c38-15-8-20(42)28-26(9-15)52-35(12-1-2-17(39)19(41)3-12)33(50)30(28)29-21(43)11-18(40)16-10-27(53-37(51)14-6-24(46)32(49)25(47)7-14)34(54-36(16)29)13-4-22(44)31(48)23(45)5-13/h1-9,11,27,30,33-35,38-50H,10H2/t27-,30-,33+,34+,35+/m0/s1. The molecule has 54 heavy (non-hydrogen) atoms. The maximum Gasteiger partial charge on any atom is 0.338 e. The molecule has 17 nitrogen and oxygen atoms in total. The van der Waals surface area contributed by atoms with Gasteiger partial charge in [0.25, 0.3) is 0 Å². The molecule has 17 heteroatoms. The Bertz CT molecular complexity index is 2310. The van der Waals surface area contributed by atoms with Gasteiger partial charge < -0.3 is 80.6 Å². The van der Waals surface area contributed by atoms with Crippen molar-refractivity contribution >= 4 is 5.97 Å². The molecule has 13 N–H and O–H groups in total. The van der Waals surface area contributed by atoms with Crippen molar-refractivity contribution in [1.29, 1.82) is 0 Å². The van der Waals surface area contributed by atoms with Crippen LogP contribution in [0.5, 0.6) is 80.5 Å². The van der Waals surface area contributed by atoms with E-state index < -0.39 is 117 Å². The lowest BCUT2D eigenvalue weighted by molar-refractivity contribution is -0.0211. The van der Waals surface area contributed by atoms with Crippen molar-refractivity contribution in [2.75, 3.05) is 0 Å². The minimum absolute atomic E-state index is 0.107. The Balaban J connectivity index is 1.40. The third kappa shape index (κ3) is 5.77. The van der Waals surface area contributed by atoms with Crippen LogP contribution in [-0.2, 0) is 11.2 Å². The number of aliphatic hydroxyl groups excluding tert-OH is 1. The third-order valence-corrected chi connectivity index (χ3v) is 9.31. The molecule has 0 spiro atoms. The fourth-order valence-electron chi connectivity index (χ4n) is 6.79. The predicted molar refractivity (Wildman–Crippen MR) is 180 cm³/mol. The summed E-state index contributed by atoms with van der Waals surface area (Å²) in [7, 11) is 0. The highest BCUT2D eigenvalue weighted by atomic mass is 16.6. The Morgan fingerprint density at radius 3 is 1.80 bits per heavy atom. The summed E-state index contributed by atoms with van der Waals surface area (Å²) < 4.78 is 18.0. The zero-order valence-corrected chi connectivity index (χ0v) is 27.3. The van der Waals surface area contributed by atoms with Crippen molar-refractivity contribution in [2.24, 2.45) is 0 Å². The van der Waals surface area contributed by atoms with Gasteiger partial charge in [0.05, 0.1) is 11.5 Å². The van der Waals surface area contributed by atoms with Gasteiger partial charge in [0, 0.05) is 46.9 Å². The first-order valence-corrected chi connectivity index (χ1v) is 15.9. The van der Waals surface area contributed by atoms with Crippen molar-refractivity contribution in [2.45, 2.75) is 36.8 Å². The van der Waals surface area contributed by atoms with E-state index >= 15 is 0 Å². The summed E-state index contributed by atoms with van der Waals surface area (Å²) in [5.41, 5.74) is -1.03. The van der Waals surface area contributed by atoms with E-state index in [1.807, 2.05) is 0 Å². The van der Waals surface area contributed by atoms with Crippen LogP contribution >= 0.6 is 0 Å². The van der Waals surface area contributed by atoms with Gasteiger partial charge in [-0.05, 0) is 42.0 Å². The molecule has 0 unspecified atom stereocenters. The van der Waals surface area contributed by atoms with Gasteiger partial charge in [-0.3, -0.25) is 0 Å². The number of fused-ring (bicyclic) bond motifs is 2. The third-order valence-electron chi connectivity index (χ3n) is 9.31. The van der Waals surface area contributed by atoms with Gasteiger partial charge in [0.15, 0.2) is 58.2 Å². The first-order valence-electron chi connectivity index (χ1n) is 15.9. The molecule has 7 rings (SSSR count). The molecule has 0 saturated heterocycles. The topological polar surface area (TPSA) is 308 Å². The van der Waals surface area contributed by atoms with Crippen molar-refractivity contribution in [1.82, 2.24) is 0 Å². The number of esters is 1. The van der Waals surface area contributed by atoms with Gasteiger partial charge >= 0.3 is 5.97 Å². The van der Waals surface area contributed by atoms with E-state index in [2.05, 4.69) is 0 Å². The van der Waals surface area contributed by atoms with Crippen molar-refractivity contribution in [3.63, 3.8) is 0 Å². The molecule has 2 aliphatic heterocycles. The number of aromatic hydroxyl groups is 12. The molecule has 0 saturated carbocycles. The van der Waals surface area contributed by atoms with Gasteiger partial charge in [0.2, 0.25) is 0 Å². The number of aliphatic hydroxyl groups is 1. The molecule has 0 bridgehead atoms. The lowest BCUT2D eigenvalue weighted by Gasteiger charge is -2.40. The second kappa shape index (κ2) is 12.7. The monoisotopic (exact) mass is 746 g/mol. The SMILES string of the molecule is O=C(O[C@H]1Cc2c(O)cc(O)c([C@@H]3c4c(O)cc(O)cc4O[C@H](c4ccc(O)c(O)c4)[C@@H]3O)c2O[C@@H]1c1cc(O)c(O)c(O)c1)c1cc(O)c(O)c(O)c1. The number of phenolic OH excluding ortho intramolecular Hbond substituents is 12. The maximum atomic E-state index is 13.4. The molecule has 0 amide bonds. The fraction of sp³-hybridized carbons (Fsp3) is 0.162. The van der Waals surface area contributed by atoms with Crippen LogP contribution in [0.4, 0.5) is 0 Å². The molecular formula is C37H30O17. The number of carbonyl (C=O) groups is 1. The number of hydrogen-bond acceptors (Lipinski definition) is 17. The summed E-state index contributed by atoms with van der Waals surface area (Å²) in [6.45, 7) is 0. The summed E-state index contributed by atoms with van der Waals surface area (Å²) >= 11 is 0. The summed E-state index contributed by atoms with van der Waals surface area (Å²) in [5, 5.41) is 137. The Morgan fingerprint density at radius 2 is 1.17 bits per heavy atom.